The first-order valence-electron chi connectivity index (χ1n) is 12.4. The zero-order valence-corrected chi connectivity index (χ0v) is 20.6. The Labute approximate surface area is 194 Å². The predicted molar refractivity (Wildman–Crippen MR) is 130 cm³/mol. The Bertz CT molecular complexity index is 829. The highest BCUT2D eigenvalue weighted by Gasteiger charge is 2.23. The largest absolute Gasteiger partial charge is 0.335 e. The van der Waals surface area contributed by atoms with E-state index in [1.54, 1.807) is 0 Å². The van der Waals surface area contributed by atoms with Crippen LogP contribution >= 0.6 is 0 Å². The van der Waals surface area contributed by atoms with Crippen LogP contribution in [-0.2, 0) is 22.3 Å². The first kappa shape index (κ1) is 25.0. The third-order valence-corrected chi connectivity index (χ3v) is 8.30. The van der Waals surface area contributed by atoms with Gasteiger partial charge in [-0.05, 0) is 62.0 Å². The number of hydrogen-bond donors (Lipinski definition) is 3. The van der Waals surface area contributed by atoms with Crippen molar-refractivity contribution in [3.8, 4) is 0 Å². The molecule has 7 heteroatoms. The van der Waals surface area contributed by atoms with Crippen LogP contribution in [0.15, 0.2) is 24.3 Å². The lowest BCUT2D eigenvalue weighted by atomic mass is 9.85. The molecule has 0 aromatic heterocycles. The minimum atomic E-state index is -3.77. The molecule has 2 amide bonds. The Balaban J connectivity index is 1.49. The van der Waals surface area contributed by atoms with E-state index in [2.05, 4.69) is 29.2 Å². The van der Waals surface area contributed by atoms with Gasteiger partial charge in [0.2, 0.25) is 10.0 Å². The second-order valence-corrected chi connectivity index (χ2v) is 11.8. The second-order valence-electron chi connectivity index (χ2n) is 10.1. The fourth-order valence-corrected chi connectivity index (χ4v) is 6.27. The molecule has 0 saturated heterocycles. The molecular weight excluding hydrogens is 422 g/mol. The monoisotopic (exact) mass is 463 g/mol. The summed E-state index contributed by atoms with van der Waals surface area (Å²) in [6, 6.07) is 7.43. The number of benzene rings is 1. The lowest BCUT2D eigenvalue weighted by molar-refractivity contribution is 0.233. The van der Waals surface area contributed by atoms with Gasteiger partial charge in [0, 0.05) is 18.6 Å². The summed E-state index contributed by atoms with van der Waals surface area (Å²) in [4.78, 5) is 12.3. The van der Waals surface area contributed by atoms with E-state index in [4.69, 9.17) is 0 Å². The maximum absolute atomic E-state index is 12.7. The van der Waals surface area contributed by atoms with Gasteiger partial charge in [-0.3, -0.25) is 0 Å². The van der Waals surface area contributed by atoms with Gasteiger partial charge in [-0.2, -0.15) is 0 Å². The van der Waals surface area contributed by atoms with E-state index in [0.717, 1.165) is 42.7 Å². The summed E-state index contributed by atoms with van der Waals surface area (Å²) in [7, 11) is -3.77. The number of urea groups is 1. The Morgan fingerprint density at radius 1 is 1.00 bits per heavy atom. The van der Waals surface area contributed by atoms with Gasteiger partial charge in [-0.25, -0.2) is 17.9 Å². The third kappa shape index (κ3) is 8.39. The topological polar surface area (TPSA) is 87.3 Å². The van der Waals surface area contributed by atoms with Crippen LogP contribution in [-0.4, -0.2) is 26.5 Å². The Morgan fingerprint density at radius 2 is 1.66 bits per heavy atom. The van der Waals surface area contributed by atoms with Gasteiger partial charge in [-0.15, -0.1) is 0 Å². The van der Waals surface area contributed by atoms with E-state index in [1.165, 1.54) is 38.5 Å². The first-order chi connectivity index (χ1) is 15.3. The highest BCUT2D eigenvalue weighted by molar-refractivity contribution is 7.89. The minimum Gasteiger partial charge on any atom is -0.335 e. The third-order valence-electron chi connectivity index (χ3n) is 7.12. The van der Waals surface area contributed by atoms with Gasteiger partial charge < -0.3 is 10.6 Å². The Hall–Kier alpha value is -1.60. The molecule has 0 aliphatic heterocycles. The molecule has 32 heavy (non-hydrogen) atoms. The number of carbonyl (C=O) groups is 1. The van der Waals surface area contributed by atoms with Gasteiger partial charge in [0.25, 0.3) is 0 Å². The van der Waals surface area contributed by atoms with Crippen molar-refractivity contribution in [3.63, 3.8) is 0 Å². The molecule has 0 bridgehead atoms. The van der Waals surface area contributed by atoms with Crippen LogP contribution in [0.25, 0.3) is 0 Å². The van der Waals surface area contributed by atoms with Crippen molar-refractivity contribution in [2.45, 2.75) is 102 Å². The number of sulfonamides is 1. The zero-order chi connectivity index (χ0) is 23.0. The van der Waals surface area contributed by atoms with Gasteiger partial charge in [0.15, 0.2) is 0 Å². The Kier molecular flexibility index (Phi) is 9.41. The van der Waals surface area contributed by atoms with Crippen LogP contribution in [0, 0.1) is 11.8 Å². The number of carbonyl (C=O) groups excluding carboxylic acids is 1. The summed E-state index contributed by atoms with van der Waals surface area (Å²) in [6.07, 6.45) is 11.8. The van der Waals surface area contributed by atoms with Crippen molar-refractivity contribution in [1.82, 2.24) is 15.4 Å². The standard InChI is InChI=1S/C25H41N3O3S/c1-19-12-14-24(15-13-19)27-25(29)28-32(30,31)18-23-11-7-6-10-22(23)17-26-20(2)16-21-8-4-3-5-9-21/h6-7,10-11,19-21,24,26H,3-5,8-9,12-18H2,1-2H3,(H2,27,28,29). The molecule has 2 aliphatic carbocycles. The van der Waals surface area contributed by atoms with Crippen LogP contribution in [0.1, 0.15) is 89.2 Å². The quantitative estimate of drug-likeness (QED) is 0.489. The fourth-order valence-electron chi connectivity index (χ4n) is 5.16. The lowest BCUT2D eigenvalue weighted by Crippen LogP contribution is -2.45. The molecule has 180 valence electrons. The molecule has 2 aliphatic rings. The van der Waals surface area contributed by atoms with E-state index in [1.807, 2.05) is 24.3 Å². The molecule has 3 rings (SSSR count). The molecule has 2 saturated carbocycles. The zero-order valence-electron chi connectivity index (χ0n) is 19.7. The van der Waals surface area contributed by atoms with Crippen molar-refractivity contribution < 1.29 is 13.2 Å². The summed E-state index contributed by atoms with van der Waals surface area (Å²) in [5.41, 5.74) is 1.70. The molecule has 0 spiro atoms. The maximum atomic E-state index is 12.7. The summed E-state index contributed by atoms with van der Waals surface area (Å²) in [5, 5.41) is 6.41. The Morgan fingerprint density at radius 3 is 2.34 bits per heavy atom. The molecule has 3 N–H and O–H groups in total. The van der Waals surface area contributed by atoms with E-state index < -0.39 is 16.1 Å². The molecule has 1 unspecified atom stereocenters. The summed E-state index contributed by atoms with van der Waals surface area (Å²) in [6.45, 7) is 5.06. The average Bonchev–Trinajstić information content (AvgIpc) is 2.75. The summed E-state index contributed by atoms with van der Waals surface area (Å²) < 4.78 is 27.5. The second kappa shape index (κ2) is 12.0. The molecule has 2 fully saturated rings. The summed E-state index contributed by atoms with van der Waals surface area (Å²) in [5.74, 6) is 1.28. The van der Waals surface area contributed by atoms with Crippen LogP contribution in [0.3, 0.4) is 0 Å². The van der Waals surface area contributed by atoms with Gasteiger partial charge >= 0.3 is 6.03 Å². The van der Waals surface area contributed by atoms with Crippen molar-refractivity contribution in [3.05, 3.63) is 35.4 Å². The molecule has 1 atom stereocenters. The van der Waals surface area contributed by atoms with Gasteiger partial charge in [-0.1, -0.05) is 63.3 Å². The first-order valence-corrected chi connectivity index (χ1v) is 14.1. The van der Waals surface area contributed by atoms with E-state index in [-0.39, 0.29) is 11.8 Å². The molecular formula is C25H41N3O3S. The predicted octanol–water partition coefficient (Wildman–Crippen LogP) is 4.84. The maximum Gasteiger partial charge on any atom is 0.328 e. The molecule has 0 radical (unpaired) electrons. The lowest BCUT2D eigenvalue weighted by Gasteiger charge is -2.26. The van der Waals surface area contributed by atoms with E-state index in [9.17, 15) is 13.2 Å². The number of hydrogen-bond acceptors (Lipinski definition) is 4. The normalized spacial score (nSPS) is 23.4. The number of nitrogens with one attached hydrogen (secondary N) is 3. The molecule has 0 heterocycles. The smallest absolute Gasteiger partial charge is 0.328 e. The van der Waals surface area contributed by atoms with E-state index >= 15 is 0 Å². The fraction of sp³-hybridized carbons (Fsp3) is 0.720. The highest BCUT2D eigenvalue weighted by atomic mass is 32.2. The highest BCUT2D eigenvalue weighted by Crippen LogP contribution is 2.27. The van der Waals surface area contributed by atoms with Crippen molar-refractivity contribution >= 4 is 16.1 Å². The van der Waals surface area contributed by atoms with Crippen LogP contribution in [0.2, 0.25) is 0 Å². The average molecular weight is 464 g/mol. The van der Waals surface area contributed by atoms with Crippen LogP contribution in [0.5, 0.6) is 0 Å². The molecule has 1 aromatic rings. The van der Waals surface area contributed by atoms with Gasteiger partial charge in [0.05, 0.1) is 5.75 Å². The SMILES string of the molecule is CC1CCC(NC(=O)NS(=O)(=O)Cc2ccccc2CNC(C)CC2CCCCC2)CC1. The van der Waals surface area contributed by atoms with E-state index in [0.29, 0.717) is 18.5 Å². The summed E-state index contributed by atoms with van der Waals surface area (Å²) >= 11 is 0. The number of rotatable bonds is 9. The van der Waals surface area contributed by atoms with Gasteiger partial charge in [0.1, 0.15) is 0 Å². The molecule has 1 aromatic carbocycles. The van der Waals surface area contributed by atoms with Crippen LogP contribution in [0.4, 0.5) is 4.79 Å². The molecule has 6 nitrogen and oxygen atoms in total. The minimum absolute atomic E-state index is 0.0588. The van der Waals surface area contributed by atoms with Crippen LogP contribution < -0.4 is 15.4 Å². The van der Waals surface area contributed by atoms with Crippen molar-refractivity contribution in [2.75, 3.05) is 0 Å². The van der Waals surface area contributed by atoms with Crippen molar-refractivity contribution in [1.29, 1.82) is 0 Å². The number of amides is 2. The van der Waals surface area contributed by atoms with Crippen molar-refractivity contribution in [2.24, 2.45) is 11.8 Å².